The number of fused-ring (bicyclic) bond motifs is 2. The number of carbonyl (C=O) groups is 1. The highest BCUT2D eigenvalue weighted by Gasteiger charge is 2.25. The molecule has 1 aliphatic rings. The third-order valence-electron chi connectivity index (χ3n) is 4.23. The molecule has 0 saturated carbocycles. The van der Waals surface area contributed by atoms with Crippen LogP contribution < -0.4 is 4.90 Å². The molecule has 1 aromatic carbocycles. The van der Waals surface area contributed by atoms with Crippen molar-refractivity contribution in [3.05, 3.63) is 53.6 Å². The summed E-state index contributed by atoms with van der Waals surface area (Å²) in [5.41, 5.74) is 3.08. The highest BCUT2D eigenvalue weighted by molar-refractivity contribution is 6.04. The maximum absolute atomic E-state index is 13.0. The van der Waals surface area contributed by atoms with Gasteiger partial charge in [0, 0.05) is 24.1 Å². The number of amides is 1. The van der Waals surface area contributed by atoms with Crippen molar-refractivity contribution in [1.29, 1.82) is 0 Å². The predicted octanol–water partition coefficient (Wildman–Crippen LogP) is 2.42. The summed E-state index contributed by atoms with van der Waals surface area (Å²) >= 11 is 0. The van der Waals surface area contributed by atoms with Crippen LogP contribution in [0.5, 0.6) is 0 Å². The zero-order chi connectivity index (χ0) is 15.8. The lowest BCUT2D eigenvalue weighted by atomic mass is 10.1. The van der Waals surface area contributed by atoms with Crippen LogP contribution in [-0.2, 0) is 6.42 Å². The summed E-state index contributed by atoms with van der Waals surface area (Å²) in [4.78, 5) is 23.2. The molecular formula is C17H17N5O. The SMILES string of the molecule is Cc1ccnc2nc(C(=O)N3CCCCc4ccccc43)nn12. The number of anilines is 1. The van der Waals surface area contributed by atoms with Crippen molar-refractivity contribution in [2.75, 3.05) is 11.4 Å². The first kappa shape index (κ1) is 13.9. The molecule has 3 aromatic rings. The van der Waals surface area contributed by atoms with Crippen molar-refractivity contribution in [2.45, 2.75) is 26.2 Å². The fourth-order valence-electron chi connectivity index (χ4n) is 3.02. The summed E-state index contributed by atoms with van der Waals surface area (Å²) < 4.78 is 1.61. The number of hydrogen-bond donors (Lipinski definition) is 0. The van der Waals surface area contributed by atoms with E-state index in [-0.39, 0.29) is 11.7 Å². The van der Waals surface area contributed by atoms with Gasteiger partial charge >= 0.3 is 0 Å². The van der Waals surface area contributed by atoms with Gasteiger partial charge in [0.25, 0.3) is 11.7 Å². The van der Waals surface area contributed by atoms with Gasteiger partial charge in [-0.1, -0.05) is 18.2 Å². The number of para-hydroxylation sites is 1. The van der Waals surface area contributed by atoms with Crippen LogP contribution in [0.25, 0.3) is 5.78 Å². The van der Waals surface area contributed by atoms with Crippen LogP contribution in [0.2, 0.25) is 0 Å². The molecule has 0 atom stereocenters. The van der Waals surface area contributed by atoms with E-state index < -0.39 is 0 Å². The molecule has 6 nitrogen and oxygen atoms in total. The number of aryl methyl sites for hydroxylation is 2. The molecule has 0 saturated heterocycles. The minimum Gasteiger partial charge on any atom is -0.305 e. The summed E-state index contributed by atoms with van der Waals surface area (Å²) in [6.45, 7) is 2.61. The molecule has 0 radical (unpaired) electrons. The minimum absolute atomic E-state index is 0.163. The Morgan fingerprint density at radius 1 is 1.17 bits per heavy atom. The second-order valence-electron chi connectivity index (χ2n) is 5.78. The third-order valence-corrected chi connectivity index (χ3v) is 4.23. The maximum Gasteiger partial charge on any atom is 0.298 e. The molecule has 0 aliphatic carbocycles. The Kier molecular flexibility index (Phi) is 3.29. The minimum atomic E-state index is -0.163. The molecule has 0 fully saturated rings. The third kappa shape index (κ3) is 2.36. The molecule has 0 N–H and O–H groups in total. The Labute approximate surface area is 133 Å². The second-order valence-corrected chi connectivity index (χ2v) is 5.78. The molecule has 116 valence electrons. The molecule has 0 spiro atoms. The monoisotopic (exact) mass is 307 g/mol. The number of nitrogens with zero attached hydrogens (tertiary/aromatic N) is 5. The van der Waals surface area contributed by atoms with Gasteiger partial charge in [-0.15, -0.1) is 5.10 Å². The zero-order valence-electron chi connectivity index (χ0n) is 12.9. The zero-order valence-corrected chi connectivity index (χ0v) is 12.9. The Morgan fingerprint density at radius 2 is 2.04 bits per heavy atom. The first-order valence-electron chi connectivity index (χ1n) is 7.82. The molecule has 2 aromatic heterocycles. The predicted molar refractivity (Wildman–Crippen MR) is 86.6 cm³/mol. The number of rotatable bonds is 1. The normalized spacial score (nSPS) is 14.6. The van der Waals surface area contributed by atoms with E-state index in [0.29, 0.717) is 12.3 Å². The van der Waals surface area contributed by atoms with Gasteiger partial charge in [0.2, 0.25) is 5.82 Å². The van der Waals surface area contributed by atoms with Crippen LogP contribution >= 0.6 is 0 Å². The Bertz CT molecular complexity index is 886. The second kappa shape index (κ2) is 5.46. The molecule has 4 rings (SSSR count). The van der Waals surface area contributed by atoms with Crippen LogP contribution in [0.3, 0.4) is 0 Å². The van der Waals surface area contributed by atoms with Gasteiger partial charge in [-0.25, -0.2) is 9.50 Å². The summed E-state index contributed by atoms with van der Waals surface area (Å²) in [6.07, 6.45) is 4.74. The Hall–Kier alpha value is -2.76. The van der Waals surface area contributed by atoms with Crippen LogP contribution in [-0.4, -0.2) is 32.0 Å². The number of carbonyl (C=O) groups excluding carboxylic acids is 1. The van der Waals surface area contributed by atoms with Gasteiger partial charge in [-0.3, -0.25) is 4.79 Å². The first-order valence-corrected chi connectivity index (χ1v) is 7.82. The highest BCUT2D eigenvalue weighted by atomic mass is 16.2. The molecule has 0 bridgehead atoms. The average Bonchev–Trinajstić information content (AvgIpc) is 2.89. The van der Waals surface area contributed by atoms with E-state index in [9.17, 15) is 4.79 Å². The van der Waals surface area contributed by atoms with Gasteiger partial charge in [0.05, 0.1) is 0 Å². The summed E-state index contributed by atoms with van der Waals surface area (Å²) in [5, 5.41) is 4.34. The van der Waals surface area contributed by atoms with E-state index >= 15 is 0 Å². The smallest absolute Gasteiger partial charge is 0.298 e. The lowest BCUT2D eigenvalue weighted by Crippen LogP contribution is -2.32. The van der Waals surface area contributed by atoms with Crippen molar-refractivity contribution in [2.24, 2.45) is 0 Å². The van der Waals surface area contributed by atoms with Gasteiger partial charge in [0.1, 0.15) is 0 Å². The average molecular weight is 307 g/mol. The van der Waals surface area contributed by atoms with Crippen LogP contribution in [0, 0.1) is 6.92 Å². The molecule has 23 heavy (non-hydrogen) atoms. The van der Waals surface area contributed by atoms with Crippen molar-refractivity contribution >= 4 is 17.4 Å². The Balaban J connectivity index is 1.77. The molecule has 3 heterocycles. The molecule has 6 heteroatoms. The summed E-state index contributed by atoms with van der Waals surface area (Å²) in [5.74, 6) is 0.490. The largest absolute Gasteiger partial charge is 0.305 e. The van der Waals surface area contributed by atoms with E-state index in [4.69, 9.17) is 0 Å². The van der Waals surface area contributed by atoms with E-state index in [1.165, 1.54) is 5.56 Å². The lowest BCUT2D eigenvalue weighted by Gasteiger charge is -2.21. The summed E-state index contributed by atoms with van der Waals surface area (Å²) in [7, 11) is 0. The van der Waals surface area contributed by atoms with Crippen molar-refractivity contribution < 1.29 is 4.79 Å². The standard InChI is InChI=1S/C17H17N5O/c1-12-9-10-18-17-19-15(20-22(12)17)16(23)21-11-5-4-7-13-6-2-3-8-14(13)21/h2-3,6,8-10H,4-5,7,11H2,1H3. The van der Waals surface area contributed by atoms with Crippen LogP contribution in [0.15, 0.2) is 36.5 Å². The van der Waals surface area contributed by atoms with Gasteiger partial charge in [-0.2, -0.15) is 4.98 Å². The summed E-state index contributed by atoms with van der Waals surface area (Å²) in [6, 6.07) is 9.91. The van der Waals surface area contributed by atoms with E-state index in [1.807, 2.05) is 31.2 Å². The van der Waals surface area contributed by atoms with E-state index in [0.717, 1.165) is 30.6 Å². The molecule has 1 amide bonds. The van der Waals surface area contributed by atoms with Crippen molar-refractivity contribution in [1.82, 2.24) is 19.6 Å². The number of hydrogen-bond acceptors (Lipinski definition) is 4. The van der Waals surface area contributed by atoms with Crippen LogP contribution in [0.4, 0.5) is 5.69 Å². The maximum atomic E-state index is 13.0. The molecular weight excluding hydrogens is 290 g/mol. The fourth-order valence-corrected chi connectivity index (χ4v) is 3.02. The van der Waals surface area contributed by atoms with Gasteiger partial charge < -0.3 is 4.90 Å². The van der Waals surface area contributed by atoms with Gasteiger partial charge in [0.15, 0.2) is 0 Å². The number of aromatic nitrogens is 4. The van der Waals surface area contributed by atoms with E-state index in [1.54, 1.807) is 15.6 Å². The molecule has 1 aliphatic heterocycles. The first-order chi connectivity index (χ1) is 11.2. The number of benzene rings is 1. The van der Waals surface area contributed by atoms with Crippen LogP contribution in [0.1, 0.15) is 34.7 Å². The fraction of sp³-hybridized carbons (Fsp3) is 0.294. The van der Waals surface area contributed by atoms with Crippen molar-refractivity contribution in [3.8, 4) is 0 Å². The molecule has 0 unspecified atom stereocenters. The van der Waals surface area contributed by atoms with Crippen molar-refractivity contribution in [3.63, 3.8) is 0 Å². The highest BCUT2D eigenvalue weighted by Crippen LogP contribution is 2.27. The topological polar surface area (TPSA) is 63.4 Å². The lowest BCUT2D eigenvalue weighted by molar-refractivity contribution is 0.0977. The van der Waals surface area contributed by atoms with Gasteiger partial charge in [-0.05, 0) is 43.9 Å². The Morgan fingerprint density at radius 3 is 2.91 bits per heavy atom. The quantitative estimate of drug-likeness (QED) is 0.692. The van der Waals surface area contributed by atoms with E-state index in [2.05, 4.69) is 21.1 Å².